The number of ether oxygens (including phenoxy) is 1. The summed E-state index contributed by atoms with van der Waals surface area (Å²) in [5, 5.41) is 0. The molecule has 0 aliphatic heterocycles. The molecule has 14 heteroatoms. The predicted molar refractivity (Wildman–Crippen MR) is 63.2 cm³/mol. The van der Waals surface area contributed by atoms with E-state index in [1.54, 1.807) is 0 Å². The SMILES string of the molecule is O=Cc1ccc(OC(F)C(F)(F)C(F)(F)C(F)(F)C(F)(F)C(F)(F)F)cc1. The molecule has 154 valence electrons. The Hall–Kier alpha value is -2.15. The Balaban J connectivity index is 3.22. The largest absolute Gasteiger partial charge is 0.460 e. The second-order valence-corrected chi connectivity index (χ2v) is 4.96. The van der Waals surface area contributed by atoms with Gasteiger partial charge in [-0.2, -0.15) is 52.7 Å². The molecule has 0 heterocycles. The first kappa shape index (κ1) is 22.9. The maximum absolute atomic E-state index is 13.4. The fourth-order valence-electron chi connectivity index (χ4n) is 1.55. The Kier molecular flexibility index (Phi) is 5.75. The highest BCUT2D eigenvalue weighted by Crippen LogP contribution is 2.58. The van der Waals surface area contributed by atoms with Crippen LogP contribution in [-0.2, 0) is 0 Å². The minimum atomic E-state index is -7.73. The molecule has 0 bridgehead atoms. The Bertz CT molecular complexity index is 665. The zero-order valence-corrected chi connectivity index (χ0v) is 12.3. The summed E-state index contributed by atoms with van der Waals surface area (Å²) in [5.74, 6) is -30.7. The predicted octanol–water partition coefficient (Wildman–Crippen LogP) is 5.28. The van der Waals surface area contributed by atoms with Gasteiger partial charge in [0.15, 0.2) is 0 Å². The summed E-state index contributed by atoms with van der Waals surface area (Å²) >= 11 is 0. The minimum Gasteiger partial charge on any atom is -0.454 e. The number of rotatable bonds is 7. The molecule has 0 aliphatic rings. The number of halogens is 12. The summed E-state index contributed by atoms with van der Waals surface area (Å²) in [4.78, 5) is 10.3. The number of alkyl halides is 12. The molecule has 0 aromatic heterocycles. The third-order valence-corrected chi connectivity index (χ3v) is 3.10. The summed E-state index contributed by atoms with van der Waals surface area (Å²) in [7, 11) is 0. The van der Waals surface area contributed by atoms with Crippen LogP contribution in [0.3, 0.4) is 0 Å². The Morgan fingerprint density at radius 3 is 1.56 bits per heavy atom. The molecule has 1 atom stereocenters. The molecule has 0 saturated heterocycles. The summed E-state index contributed by atoms with van der Waals surface area (Å²) in [6.07, 6.45) is -11.9. The molecule has 0 radical (unpaired) electrons. The topological polar surface area (TPSA) is 26.3 Å². The third-order valence-electron chi connectivity index (χ3n) is 3.10. The van der Waals surface area contributed by atoms with E-state index in [4.69, 9.17) is 0 Å². The van der Waals surface area contributed by atoms with E-state index in [1.807, 2.05) is 0 Å². The van der Waals surface area contributed by atoms with Crippen molar-refractivity contribution in [3.63, 3.8) is 0 Å². The molecule has 0 spiro atoms. The van der Waals surface area contributed by atoms with Gasteiger partial charge >= 0.3 is 36.2 Å². The molecule has 2 nitrogen and oxygen atoms in total. The Labute approximate surface area is 141 Å². The zero-order valence-electron chi connectivity index (χ0n) is 12.3. The highest BCUT2D eigenvalue weighted by atomic mass is 19.4. The first-order valence-electron chi connectivity index (χ1n) is 6.37. The van der Waals surface area contributed by atoms with E-state index in [-0.39, 0.29) is 11.8 Å². The molecule has 1 unspecified atom stereocenters. The van der Waals surface area contributed by atoms with Crippen LogP contribution in [0.4, 0.5) is 52.7 Å². The average Bonchev–Trinajstić information content (AvgIpc) is 2.53. The molecule has 0 saturated carbocycles. The number of hydrogen-bond donors (Lipinski definition) is 0. The lowest BCUT2D eigenvalue weighted by Gasteiger charge is -2.37. The molecule has 0 aliphatic carbocycles. The zero-order chi connectivity index (χ0) is 21.5. The van der Waals surface area contributed by atoms with Crippen molar-refractivity contribution in [3.8, 4) is 5.75 Å². The van der Waals surface area contributed by atoms with E-state index in [9.17, 15) is 57.5 Å². The first-order chi connectivity index (χ1) is 11.9. The van der Waals surface area contributed by atoms with E-state index in [1.165, 1.54) is 0 Å². The van der Waals surface area contributed by atoms with Gasteiger partial charge in [0, 0.05) is 5.56 Å². The maximum atomic E-state index is 13.4. The van der Waals surface area contributed by atoms with Crippen molar-refractivity contribution in [2.24, 2.45) is 0 Å². The lowest BCUT2D eigenvalue weighted by atomic mass is 9.98. The third kappa shape index (κ3) is 3.65. The monoisotopic (exact) mass is 422 g/mol. The molecule has 0 fully saturated rings. The Morgan fingerprint density at radius 1 is 0.741 bits per heavy atom. The van der Waals surface area contributed by atoms with Gasteiger partial charge in [0.05, 0.1) is 0 Å². The molecule has 0 N–H and O–H groups in total. The number of hydrogen-bond acceptors (Lipinski definition) is 2. The normalized spacial score (nSPS) is 15.4. The lowest BCUT2D eigenvalue weighted by molar-refractivity contribution is -0.432. The van der Waals surface area contributed by atoms with Crippen LogP contribution < -0.4 is 4.74 Å². The molecular weight excluding hydrogens is 416 g/mol. The standard InChI is InChI=1S/C13H6F12O2/c14-8(27-7-3-1-6(5-26)2-4-7)9(15,16)10(17,18)11(19,20)12(21,22)13(23,24)25/h1-5,8H. The van der Waals surface area contributed by atoms with Gasteiger partial charge in [-0.25, -0.2) is 0 Å². The summed E-state index contributed by atoms with van der Waals surface area (Å²) < 4.78 is 157. The first-order valence-corrected chi connectivity index (χ1v) is 6.37. The highest BCUT2D eigenvalue weighted by Gasteiger charge is 2.88. The van der Waals surface area contributed by atoms with Crippen molar-refractivity contribution < 1.29 is 62.2 Å². The van der Waals surface area contributed by atoms with Gasteiger partial charge in [0.1, 0.15) is 12.0 Å². The van der Waals surface area contributed by atoms with Crippen LogP contribution in [0.2, 0.25) is 0 Å². The summed E-state index contributed by atoms with van der Waals surface area (Å²) in [6.45, 7) is 0. The van der Waals surface area contributed by atoms with Crippen LogP contribution in [0.15, 0.2) is 24.3 Å². The van der Waals surface area contributed by atoms with Crippen LogP contribution >= 0.6 is 0 Å². The van der Waals surface area contributed by atoms with E-state index in [0.717, 1.165) is 12.1 Å². The van der Waals surface area contributed by atoms with Crippen LogP contribution in [0, 0.1) is 0 Å². The molecule has 1 aromatic rings. The quantitative estimate of drug-likeness (QED) is 0.442. The van der Waals surface area contributed by atoms with E-state index in [0.29, 0.717) is 12.1 Å². The van der Waals surface area contributed by atoms with Crippen molar-refractivity contribution in [1.29, 1.82) is 0 Å². The fraction of sp³-hybridized carbons (Fsp3) is 0.462. The van der Waals surface area contributed by atoms with Gasteiger partial charge in [-0.3, -0.25) is 4.79 Å². The van der Waals surface area contributed by atoms with Gasteiger partial charge in [-0.1, -0.05) is 0 Å². The molecule has 1 rings (SSSR count). The molecule has 1 aromatic carbocycles. The Morgan fingerprint density at radius 2 is 1.19 bits per heavy atom. The van der Waals surface area contributed by atoms with Crippen molar-refractivity contribution in [3.05, 3.63) is 29.8 Å². The maximum Gasteiger partial charge on any atom is 0.460 e. The van der Waals surface area contributed by atoms with Crippen LogP contribution in [0.25, 0.3) is 0 Å². The van der Waals surface area contributed by atoms with E-state index >= 15 is 0 Å². The number of carbonyl (C=O) groups excluding carboxylic acids is 1. The molecular formula is C13H6F12O2. The van der Waals surface area contributed by atoms with Gasteiger partial charge < -0.3 is 4.74 Å². The second-order valence-electron chi connectivity index (χ2n) is 4.96. The van der Waals surface area contributed by atoms with E-state index in [2.05, 4.69) is 4.74 Å². The lowest BCUT2D eigenvalue weighted by Crippen LogP contribution is -2.68. The number of aldehydes is 1. The molecule has 0 amide bonds. The summed E-state index contributed by atoms with van der Waals surface area (Å²) in [5.41, 5.74) is -0.133. The van der Waals surface area contributed by atoms with Gasteiger partial charge in [-0.15, -0.1) is 0 Å². The minimum absolute atomic E-state index is 0.133. The number of benzene rings is 1. The van der Waals surface area contributed by atoms with Gasteiger partial charge in [-0.05, 0) is 24.3 Å². The van der Waals surface area contributed by atoms with Crippen LogP contribution in [0.1, 0.15) is 10.4 Å². The number of carbonyl (C=O) groups is 1. The summed E-state index contributed by atoms with van der Waals surface area (Å²) in [6, 6.07) is 2.68. The molecule has 27 heavy (non-hydrogen) atoms. The van der Waals surface area contributed by atoms with Gasteiger partial charge in [0.25, 0.3) is 0 Å². The smallest absolute Gasteiger partial charge is 0.454 e. The van der Waals surface area contributed by atoms with E-state index < -0.39 is 42.0 Å². The van der Waals surface area contributed by atoms with Crippen LogP contribution in [0.5, 0.6) is 5.75 Å². The van der Waals surface area contributed by atoms with Crippen molar-refractivity contribution in [1.82, 2.24) is 0 Å². The second kappa shape index (κ2) is 6.78. The van der Waals surface area contributed by atoms with Crippen LogP contribution in [-0.4, -0.2) is 42.5 Å². The van der Waals surface area contributed by atoms with Crippen molar-refractivity contribution in [2.45, 2.75) is 36.2 Å². The highest BCUT2D eigenvalue weighted by molar-refractivity contribution is 5.74. The van der Waals surface area contributed by atoms with Crippen molar-refractivity contribution >= 4 is 6.29 Å². The fourth-order valence-corrected chi connectivity index (χ4v) is 1.55. The average molecular weight is 422 g/mol. The van der Waals surface area contributed by atoms with Gasteiger partial charge in [0.2, 0.25) is 0 Å². The van der Waals surface area contributed by atoms with Crippen molar-refractivity contribution in [2.75, 3.05) is 0 Å².